The van der Waals surface area contributed by atoms with Gasteiger partial charge in [0.2, 0.25) is 0 Å². The van der Waals surface area contributed by atoms with Crippen LogP contribution in [0, 0.1) is 0 Å². The van der Waals surface area contributed by atoms with Gasteiger partial charge in [0.15, 0.2) is 0 Å². The maximum absolute atomic E-state index is 5.00. The number of hydrogen-bond donors (Lipinski definition) is 1. The summed E-state index contributed by atoms with van der Waals surface area (Å²) in [6.45, 7) is 3.24. The van der Waals surface area contributed by atoms with Crippen molar-refractivity contribution in [2.45, 2.75) is 11.7 Å². The van der Waals surface area contributed by atoms with Gasteiger partial charge in [-0.3, -0.25) is 0 Å². The molecule has 10 heavy (non-hydrogen) atoms. The van der Waals surface area contributed by atoms with Gasteiger partial charge in [-0.2, -0.15) is 11.8 Å². The average molecular weight is 161 g/mol. The summed E-state index contributed by atoms with van der Waals surface area (Å²) < 4.78 is 5.00. The Hall–Kier alpha value is 0.270. The smallest absolute Gasteiger partial charge is 0.0473 e. The summed E-state index contributed by atoms with van der Waals surface area (Å²) in [5.74, 6) is 1.26. The zero-order valence-electron chi connectivity index (χ0n) is 6.43. The van der Waals surface area contributed by atoms with E-state index in [4.69, 9.17) is 4.74 Å². The standard InChI is InChI=1S/C7H15NOS/c1-9-4-2-7-6-8-3-5-10-7/h7-8H,2-6H2,1H3. The molecule has 0 aromatic heterocycles. The number of nitrogens with one attached hydrogen (secondary N) is 1. The highest BCUT2D eigenvalue weighted by Crippen LogP contribution is 2.16. The van der Waals surface area contributed by atoms with Crippen LogP contribution in [-0.4, -0.2) is 37.8 Å². The van der Waals surface area contributed by atoms with Crippen molar-refractivity contribution < 1.29 is 4.74 Å². The number of thioether (sulfide) groups is 1. The highest BCUT2D eigenvalue weighted by atomic mass is 32.2. The molecule has 2 nitrogen and oxygen atoms in total. The second-order valence-corrected chi connectivity index (χ2v) is 3.89. The first kappa shape index (κ1) is 8.37. The van der Waals surface area contributed by atoms with Crippen LogP contribution in [0.4, 0.5) is 0 Å². The van der Waals surface area contributed by atoms with E-state index in [1.807, 2.05) is 0 Å². The molecule has 0 spiro atoms. The van der Waals surface area contributed by atoms with Crippen molar-refractivity contribution in [2.24, 2.45) is 0 Å². The van der Waals surface area contributed by atoms with E-state index in [2.05, 4.69) is 17.1 Å². The zero-order chi connectivity index (χ0) is 7.23. The summed E-state index contributed by atoms with van der Waals surface area (Å²) in [6, 6.07) is 0. The van der Waals surface area contributed by atoms with Gasteiger partial charge in [-0.05, 0) is 6.42 Å². The van der Waals surface area contributed by atoms with Gasteiger partial charge >= 0.3 is 0 Å². The van der Waals surface area contributed by atoms with Crippen LogP contribution in [0.2, 0.25) is 0 Å². The first-order valence-electron chi connectivity index (χ1n) is 3.74. The average Bonchev–Trinajstić information content (AvgIpc) is 2.03. The summed E-state index contributed by atoms with van der Waals surface area (Å²) in [5, 5.41) is 4.15. The van der Waals surface area contributed by atoms with Crippen LogP contribution < -0.4 is 5.32 Å². The molecule has 0 amide bonds. The van der Waals surface area contributed by atoms with Gasteiger partial charge in [0.25, 0.3) is 0 Å². The molecule has 0 aromatic rings. The first-order chi connectivity index (χ1) is 4.93. The van der Waals surface area contributed by atoms with Crippen molar-refractivity contribution in [3.63, 3.8) is 0 Å². The minimum Gasteiger partial charge on any atom is -0.385 e. The van der Waals surface area contributed by atoms with Gasteiger partial charge < -0.3 is 10.1 Å². The Labute approximate surface area is 66.7 Å². The second-order valence-electron chi connectivity index (χ2n) is 2.48. The molecular weight excluding hydrogens is 146 g/mol. The van der Waals surface area contributed by atoms with Crippen molar-refractivity contribution in [3.8, 4) is 0 Å². The molecule has 0 aromatic carbocycles. The van der Waals surface area contributed by atoms with E-state index in [0.29, 0.717) is 0 Å². The third-order valence-corrected chi connectivity index (χ3v) is 2.96. The van der Waals surface area contributed by atoms with Gasteiger partial charge in [-0.1, -0.05) is 0 Å². The quantitative estimate of drug-likeness (QED) is 0.659. The van der Waals surface area contributed by atoms with Crippen LogP contribution in [0.3, 0.4) is 0 Å². The molecule has 1 aliphatic rings. The van der Waals surface area contributed by atoms with Crippen molar-refractivity contribution in [1.29, 1.82) is 0 Å². The first-order valence-corrected chi connectivity index (χ1v) is 4.79. The largest absolute Gasteiger partial charge is 0.385 e. The lowest BCUT2D eigenvalue weighted by Crippen LogP contribution is -2.33. The predicted octanol–water partition coefficient (Wildman–Crippen LogP) is 0.728. The third-order valence-electron chi connectivity index (χ3n) is 1.65. The molecule has 0 saturated carbocycles. The van der Waals surface area contributed by atoms with Crippen molar-refractivity contribution in [1.82, 2.24) is 5.32 Å². The van der Waals surface area contributed by atoms with Crippen LogP contribution in [0.15, 0.2) is 0 Å². The Balaban J connectivity index is 2.02. The highest BCUT2D eigenvalue weighted by Gasteiger charge is 2.11. The Kier molecular flexibility index (Phi) is 4.18. The van der Waals surface area contributed by atoms with Gasteiger partial charge in [-0.25, -0.2) is 0 Å². The molecule has 60 valence electrons. The highest BCUT2D eigenvalue weighted by molar-refractivity contribution is 8.00. The molecule has 1 saturated heterocycles. The fourth-order valence-electron chi connectivity index (χ4n) is 1.05. The van der Waals surface area contributed by atoms with Gasteiger partial charge in [0, 0.05) is 37.8 Å². The molecule has 1 aliphatic heterocycles. The van der Waals surface area contributed by atoms with E-state index >= 15 is 0 Å². The molecule has 1 rings (SSSR count). The zero-order valence-corrected chi connectivity index (χ0v) is 7.25. The SMILES string of the molecule is COCCC1CNCCS1. The Bertz CT molecular complexity index is 83.7. The molecule has 1 atom stereocenters. The van der Waals surface area contributed by atoms with Crippen molar-refractivity contribution >= 4 is 11.8 Å². The molecule has 1 fully saturated rings. The fourth-order valence-corrected chi connectivity index (χ4v) is 2.15. The summed E-state index contributed by atoms with van der Waals surface area (Å²) in [4.78, 5) is 0. The van der Waals surface area contributed by atoms with Crippen LogP contribution in [0.1, 0.15) is 6.42 Å². The van der Waals surface area contributed by atoms with Crippen LogP contribution in [-0.2, 0) is 4.74 Å². The van der Waals surface area contributed by atoms with E-state index < -0.39 is 0 Å². The van der Waals surface area contributed by atoms with Gasteiger partial charge in [0.1, 0.15) is 0 Å². The van der Waals surface area contributed by atoms with E-state index in [9.17, 15) is 0 Å². The number of rotatable bonds is 3. The summed E-state index contributed by atoms with van der Waals surface area (Å²) in [6.07, 6.45) is 1.19. The van der Waals surface area contributed by atoms with Crippen molar-refractivity contribution in [2.75, 3.05) is 32.6 Å². The monoisotopic (exact) mass is 161 g/mol. The summed E-state index contributed by atoms with van der Waals surface area (Å²) in [7, 11) is 1.76. The molecule has 3 heteroatoms. The maximum Gasteiger partial charge on any atom is 0.0473 e. The molecule has 0 aliphatic carbocycles. The molecule has 1 unspecified atom stereocenters. The molecule has 0 bridgehead atoms. The normalized spacial score (nSPS) is 26.7. The van der Waals surface area contributed by atoms with E-state index in [1.54, 1.807) is 7.11 Å². The lowest BCUT2D eigenvalue weighted by atomic mass is 10.3. The third kappa shape index (κ3) is 2.90. The van der Waals surface area contributed by atoms with Crippen LogP contribution >= 0.6 is 11.8 Å². The predicted molar refractivity (Wildman–Crippen MR) is 45.6 cm³/mol. The summed E-state index contributed by atoms with van der Waals surface area (Å²) >= 11 is 2.06. The fraction of sp³-hybridized carbons (Fsp3) is 1.00. The van der Waals surface area contributed by atoms with Crippen molar-refractivity contribution in [3.05, 3.63) is 0 Å². The second kappa shape index (κ2) is 4.99. The van der Waals surface area contributed by atoms with E-state index in [0.717, 1.165) is 18.4 Å². The molecule has 1 N–H and O–H groups in total. The molecule has 0 radical (unpaired) electrons. The van der Waals surface area contributed by atoms with Gasteiger partial charge in [-0.15, -0.1) is 0 Å². The minimum absolute atomic E-state index is 0.786. The number of hydrogen-bond acceptors (Lipinski definition) is 3. The maximum atomic E-state index is 5.00. The lowest BCUT2D eigenvalue weighted by Gasteiger charge is -2.21. The minimum atomic E-state index is 0.786. The van der Waals surface area contributed by atoms with Crippen LogP contribution in [0.5, 0.6) is 0 Å². The van der Waals surface area contributed by atoms with E-state index in [1.165, 1.54) is 18.7 Å². The number of methoxy groups -OCH3 is 1. The lowest BCUT2D eigenvalue weighted by molar-refractivity contribution is 0.194. The Morgan fingerprint density at radius 1 is 1.70 bits per heavy atom. The molecule has 1 heterocycles. The number of ether oxygens (including phenoxy) is 1. The van der Waals surface area contributed by atoms with Gasteiger partial charge in [0.05, 0.1) is 0 Å². The molecular formula is C7H15NOS. The van der Waals surface area contributed by atoms with E-state index in [-0.39, 0.29) is 0 Å². The Morgan fingerprint density at radius 2 is 2.60 bits per heavy atom. The van der Waals surface area contributed by atoms with Crippen LogP contribution in [0.25, 0.3) is 0 Å². The summed E-state index contributed by atoms with van der Waals surface area (Å²) in [5.41, 5.74) is 0. The topological polar surface area (TPSA) is 21.3 Å². The Morgan fingerprint density at radius 3 is 3.20 bits per heavy atom.